The van der Waals surface area contributed by atoms with Gasteiger partial charge in [0.1, 0.15) is 0 Å². The first-order valence-electron chi connectivity index (χ1n) is 8.41. The third-order valence-corrected chi connectivity index (χ3v) is 4.94. The van der Waals surface area contributed by atoms with Crippen molar-refractivity contribution in [2.75, 3.05) is 18.4 Å². The molecule has 0 spiro atoms. The van der Waals surface area contributed by atoms with Crippen molar-refractivity contribution in [3.05, 3.63) is 52.3 Å². The zero-order chi connectivity index (χ0) is 16.9. The van der Waals surface area contributed by atoms with E-state index in [1.807, 2.05) is 23.1 Å². The van der Waals surface area contributed by atoms with E-state index in [4.69, 9.17) is 0 Å². The van der Waals surface area contributed by atoms with Crippen LogP contribution in [0.4, 0.5) is 11.4 Å². The number of carbonyl (C=O) groups excluding carboxylic acids is 1. The van der Waals surface area contributed by atoms with Crippen molar-refractivity contribution in [3.8, 4) is 0 Å². The standard InChI is InChI=1S/C19H22BrN3O/c1-14-6-7-18(17(20)10-14)22-16-11-15(12-21-13-16)19(24)23-8-4-2-3-5-9-23/h6-7,10-13,22H,2-5,8-9H2,1H3. The molecule has 1 N–H and O–H groups in total. The number of rotatable bonds is 3. The van der Waals surface area contributed by atoms with Crippen molar-refractivity contribution in [2.24, 2.45) is 0 Å². The maximum atomic E-state index is 12.7. The Morgan fingerprint density at radius 3 is 2.58 bits per heavy atom. The molecule has 2 aromatic rings. The van der Waals surface area contributed by atoms with Crippen molar-refractivity contribution >= 4 is 33.2 Å². The molecule has 2 heterocycles. The molecule has 24 heavy (non-hydrogen) atoms. The van der Waals surface area contributed by atoms with Crippen LogP contribution in [0.5, 0.6) is 0 Å². The van der Waals surface area contributed by atoms with Crippen LogP contribution in [-0.2, 0) is 0 Å². The van der Waals surface area contributed by atoms with Gasteiger partial charge in [0.15, 0.2) is 0 Å². The fourth-order valence-electron chi connectivity index (χ4n) is 2.96. The first-order valence-corrected chi connectivity index (χ1v) is 9.20. The number of nitrogens with one attached hydrogen (secondary N) is 1. The molecule has 4 nitrogen and oxygen atoms in total. The summed E-state index contributed by atoms with van der Waals surface area (Å²) < 4.78 is 0.992. The van der Waals surface area contributed by atoms with Crippen LogP contribution in [0.15, 0.2) is 41.1 Å². The second-order valence-electron chi connectivity index (χ2n) is 6.28. The molecule has 1 aliphatic heterocycles. The second kappa shape index (κ2) is 7.79. The first kappa shape index (κ1) is 17.0. The fraction of sp³-hybridized carbons (Fsp3) is 0.368. The Morgan fingerprint density at radius 2 is 1.88 bits per heavy atom. The first-order chi connectivity index (χ1) is 11.6. The summed E-state index contributed by atoms with van der Waals surface area (Å²) in [7, 11) is 0. The summed E-state index contributed by atoms with van der Waals surface area (Å²) in [6.45, 7) is 3.75. The predicted molar refractivity (Wildman–Crippen MR) is 101 cm³/mol. The van der Waals surface area contributed by atoms with E-state index < -0.39 is 0 Å². The Kier molecular flexibility index (Phi) is 5.51. The van der Waals surface area contributed by atoms with Gasteiger partial charge in [0.05, 0.1) is 23.1 Å². The molecule has 1 saturated heterocycles. The smallest absolute Gasteiger partial charge is 0.255 e. The van der Waals surface area contributed by atoms with Crippen LogP contribution in [0, 0.1) is 6.92 Å². The highest BCUT2D eigenvalue weighted by Gasteiger charge is 2.18. The van der Waals surface area contributed by atoms with E-state index >= 15 is 0 Å². The van der Waals surface area contributed by atoms with Gasteiger partial charge in [-0.3, -0.25) is 9.78 Å². The van der Waals surface area contributed by atoms with E-state index in [9.17, 15) is 4.79 Å². The average molecular weight is 388 g/mol. The number of halogens is 1. The Bertz CT molecular complexity index is 724. The minimum absolute atomic E-state index is 0.0796. The molecule has 5 heteroatoms. The van der Waals surface area contributed by atoms with Crippen molar-refractivity contribution < 1.29 is 4.79 Å². The monoisotopic (exact) mass is 387 g/mol. The number of pyridine rings is 1. The van der Waals surface area contributed by atoms with E-state index in [1.54, 1.807) is 12.4 Å². The lowest BCUT2D eigenvalue weighted by molar-refractivity contribution is 0.0761. The highest BCUT2D eigenvalue weighted by Crippen LogP contribution is 2.27. The van der Waals surface area contributed by atoms with Crippen molar-refractivity contribution in [1.82, 2.24) is 9.88 Å². The van der Waals surface area contributed by atoms with Gasteiger partial charge in [-0.15, -0.1) is 0 Å². The molecule has 0 aliphatic carbocycles. The Labute approximate surface area is 151 Å². The number of nitrogens with zero attached hydrogens (tertiary/aromatic N) is 2. The van der Waals surface area contributed by atoms with Crippen LogP contribution in [0.3, 0.4) is 0 Å². The van der Waals surface area contributed by atoms with Gasteiger partial charge in [0.25, 0.3) is 5.91 Å². The molecular formula is C19H22BrN3O. The maximum absolute atomic E-state index is 12.7. The quantitative estimate of drug-likeness (QED) is 0.813. The van der Waals surface area contributed by atoms with Crippen molar-refractivity contribution in [3.63, 3.8) is 0 Å². The van der Waals surface area contributed by atoms with Gasteiger partial charge in [0.2, 0.25) is 0 Å². The molecule has 1 aliphatic rings. The molecule has 1 aromatic heterocycles. The summed E-state index contributed by atoms with van der Waals surface area (Å²) in [5, 5.41) is 3.33. The Morgan fingerprint density at radius 1 is 1.12 bits per heavy atom. The number of aryl methyl sites for hydroxylation is 1. The zero-order valence-corrected chi connectivity index (χ0v) is 15.5. The number of anilines is 2. The summed E-state index contributed by atoms with van der Waals surface area (Å²) in [6, 6.07) is 8.00. The molecular weight excluding hydrogens is 366 g/mol. The van der Waals surface area contributed by atoms with Crippen LogP contribution in [0.25, 0.3) is 0 Å². The van der Waals surface area contributed by atoms with E-state index in [1.165, 1.54) is 18.4 Å². The minimum Gasteiger partial charge on any atom is -0.353 e. The van der Waals surface area contributed by atoms with Gasteiger partial charge in [0, 0.05) is 23.8 Å². The number of likely N-dealkylation sites (tertiary alicyclic amines) is 1. The van der Waals surface area contributed by atoms with Gasteiger partial charge >= 0.3 is 0 Å². The Hall–Kier alpha value is -1.88. The summed E-state index contributed by atoms with van der Waals surface area (Å²) in [5.74, 6) is 0.0796. The highest BCUT2D eigenvalue weighted by molar-refractivity contribution is 9.10. The van der Waals surface area contributed by atoms with Crippen LogP contribution < -0.4 is 5.32 Å². The number of aromatic nitrogens is 1. The third kappa shape index (κ3) is 4.15. The van der Waals surface area contributed by atoms with E-state index in [0.29, 0.717) is 5.56 Å². The van der Waals surface area contributed by atoms with Crippen molar-refractivity contribution in [1.29, 1.82) is 0 Å². The predicted octanol–water partition coefficient (Wildman–Crippen LogP) is 4.91. The topological polar surface area (TPSA) is 45.2 Å². The van der Waals surface area contributed by atoms with Crippen molar-refractivity contribution in [2.45, 2.75) is 32.6 Å². The summed E-state index contributed by atoms with van der Waals surface area (Å²) in [5.41, 5.74) is 3.61. The lowest BCUT2D eigenvalue weighted by Crippen LogP contribution is -2.31. The summed E-state index contributed by atoms with van der Waals surface area (Å²) in [4.78, 5) is 18.9. The highest BCUT2D eigenvalue weighted by atomic mass is 79.9. The SMILES string of the molecule is Cc1ccc(Nc2cncc(C(=O)N3CCCCCC3)c2)c(Br)c1. The molecule has 0 bridgehead atoms. The van der Waals surface area contributed by atoms with E-state index in [-0.39, 0.29) is 5.91 Å². The molecule has 3 rings (SSSR count). The number of benzene rings is 1. The molecule has 0 unspecified atom stereocenters. The van der Waals surface area contributed by atoms with Gasteiger partial charge in [-0.1, -0.05) is 18.9 Å². The number of hydrogen-bond acceptors (Lipinski definition) is 3. The molecule has 1 aromatic carbocycles. The lowest BCUT2D eigenvalue weighted by atomic mass is 10.2. The molecule has 0 radical (unpaired) electrons. The van der Waals surface area contributed by atoms with Gasteiger partial charge < -0.3 is 10.2 Å². The average Bonchev–Trinajstić information content (AvgIpc) is 2.86. The van der Waals surface area contributed by atoms with E-state index in [0.717, 1.165) is 41.8 Å². The van der Waals surface area contributed by atoms with Gasteiger partial charge in [-0.25, -0.2) is 0 Å². The summed E-state index contributed by atoms with van der Waals surface area (Å²) >= 11 is 3.57. The fourth-order valence-corrected chi connectivity index (χ4v) is 3.55. The largest absolute Gasteiger partial charge is 0.353 e. The molecule has 0 atom stereocenters. The van der Waals surface area contributed by atoms with Crippen LogP contribution in [0.2, 0.25) is 0 Å². The molecule has 126 valence electrons. The molecule has 1 fully saturated rings. The van der Waals surface area contributed by atoms with E-state index in [2.05, 4.69) is 39.2 Å². The van der Waals surface area contributed by atoms with Gasteiger partial charge in [-0.2, -0.15) is 0 Å². The number of amides is 1. The Balaban J connectivity index is 1.77. The second-order valence-corrected chi connectivity index (χ2v) is 7.13. The summed E-state index contributed by atoms with van der Waals surface area (Å²) in [6.07, 6.45) is 8.01. The third-order valence-electron chi connectivity index (χ3n) is 4.28. The van der Waals surface area contributed by atoms with Crippen LogP contribution in [0.1, 0.15) is 41.6 Å². The van der Waals surface area contributed by atoms with Gasteiger partial charge in [-0.05, 0) is 59.5 Å². The van der Waals surface area contributed by atoms with Crippen LogP contribution in [-0.4, -0.2) is 28.9 Å². The minimum atomic E-state index is 0.0796. The van der Waals surface area contributed by atoms with Crippen LogP contribution >= 0.6 is 15.9 Å². The number of hydrogen-bond donors (Lipinski definition) is 1. The molecule has 0 saturated carbocycles. The normalized spacial score (nSPS) is 15.0. The number of carbonyl (C=O) groups is 1. The lowest BCUT2D eigenvalue weighted by Gasteiger charge is -2.20. The maximum Gasteiger partial charge on any atom is 0.255 e. The zero-order valence-electron chi connectivity index (χ0n) is 13.9. The molecule has 1 amide bonds.